The molecule has 10 nitrogen and oxygen atoms in total. The highest BCUT2D eigenvalue weighted by Crippen LogP contribution is 2.33. The van der Waals surface area contributed by atoms with Gasteiger partial charge in [0.1, 0.15) is 24.1 Å². The molecule has 0 amide bonds. The van der Waals surface area contributed by atoms with Crippen molar-refractivity contribution in [1.82, 2.24) is 19.5 Å². The number of fused-ring (bicyclic) bond motifs is 1. The second-order valence-corrected chi connectivity index (χ2v) is 5.81. The van der Waals surface area contributed by atoms with Crippen LogP contribution in [0.25, 0.3) is 11.2 Å². The number of carbonyl (C=O) groups is 1. The Labute approximate surface area is 136 Å². The molecule has 5 N–H and O–H groups in total. The van der Waals surface area contributed by atoms with Gasteiger partial charge in [0, 0.05) is 6.42 Å². The van der Waals surface area contributed by atoms with Gasteiger partial charge in [0.05, 0.1) is 12.9 Å². The Morgan fingerprint density at radius 3 is 3.00 bits per heavy atom. The second-order valence-electron chi connectivity index (χ2n) is 5.81. The van der Waals surface area contributed by atoms with Gasteiger partial charge in [-0.3, -0.25) is 9.36 Å². The Bertz CT molecular complexity index is 765. The maximum Gasteiger partial charge on any atom is 0.174 e. The molecule has 3 heterocycles. The zero-order valence-corrected chi connectivity index (χ0v) is 13.0. The van der Waals surface area contributed by atoms with Crippen LogP contribution in [0.3, 0.4) is 0 Å². The number of nitrogen functional groups attached to an aromatic ring is 1. The monoisotopic (exact) mass is 337 g/mol. The van der Waals surface area contributed by atoms with Crippen molar-refractivity contribution in [3.05, 3.63) is 12.7 Å². The minimum Gasteiger partial charge on any atom is -0.387 e. The van der Waals surface area contributed by atoms with E-state index in [-0.39, 0.29) is 17.9 Å². The van der Waals surface area contributed by atoms with E-state index < -0.39 is 36.4 Å². The van der Waals surface area contributed by atoms with Crippen molar-refractivity contribution in [2.75, 3.05) is 12.3 Å². The van der Waals surface area contributed by atoms with Gasteiger partial charge in [-0.1, -0.05) is 6.92 Å². The molecule has 130 valence electrons. The molecule has 0 spiro atoms. The lowest BCUT2D eigenvalue weighted by Crippen LogP contribution is -2.51. The first-order valence-electron chi connectivity index (χ1n) is 7.56. The van der Waals surface area contributed by atoms with Gasteiger partial charge in [0.15, 0.2) is 29.1 Å². The summed E-state index contributed by atoms with van der Waals surface area (Å²) in [7, 11) is 0. The van der Waals surface area contributed by atoms with Gasteiger partial charge in [-0.05, 0) is 6.42 Å². The lowest BCUT2D eigenvalue weighted by atomic mass is 9.89. The number of anilines is 1. The van der Waals surface area contributed by atoms with Gasteiger partial charge in [-0.15, -0.1) is 0 Å². The number of nitrogens with zero attached hydrogens (tertiary/aromatic N) is 4. The lowest BCUT2D eigenvalue weighted by Gasteiger charge is -2.27. The number of Topliss-reactive ketones (excluding diaryl/α,β-unsaturated/α-hetero) is 1. The maximum absolute atomic E-state index is 12.1. The third-order valence-electron chi connectivity index (χ3n) is 4.22. The van der Waals surface area contributed by atoms with Crippen molar-refractivity contribution in [3.63, 3.8) is 0 Å². The van der Waals surface area contributed by atoms with Crippen LogP contribution in [0.2, 0.25) is 0 Å². The number of ketones is 1. The summed E-state index contributed by atoms with van der Waals surface area (Å²) in [6, 6.07) is 0. The highest BCUT2D eigenvalue weighted by atomic mass is 16.6. The molecule has 24 heavy (non-hydrogen) atoms. The molecule has 1 saturated heterocycles. The van der Waals surface area contributed by atoms with Crippen molar-refractivity contribution in [2.45, 2.75) is 43.8 Å². The summed E-state index contributed by atoms with van der Waals surface area (Å²) in [5.74, 6) is -0.372. The summed E-state index contributed by atoms with van der Waals surface area (Å²) in [6.07, 6.45) is -1.08. The normalized spacial score (nSPS) is 28.3. The average Bonchev–Trinajstić information content (AvgIpc) is 3.11. The molecule has 0 aliphatic carbocycles. The number of imidazole rings is 1. The quantitative estimate of drug-likeness (QED) is 0.524. The fourth-order valence-corrected chi connectivity index (χ4v) is 2.83. The fourth-order valence-electron chi connectivity index (χ4n) is 2.83. The van der Waals surface area contributed by atoms with E-state index in [1.54, 1.807) is 6.92 Å². The van der Waals surface area contributed by atoms with Gasteiger partial charge in [0.2, 0.25) is 0 Å². The molecular formula is C14H19N5O5. The Balaban J connectivity index is 1.89. The van der Waals surface area contributed by atoms with Crippen LogP contribution >= 0.6 is 0 Å². The average molecular weight is 337 g/mol. The van der Waals surface area contributed by atoms with Crippen LogP contribution in [0.1, 0.15) is 26.0 Å². The summed E-state index contributed by atoms with van der Waals surface area (Å²) in [5, 5.41) is 31.3. The van der Waals surface area contributed by atoms with Crippen LogP contribution in [0.4, 0.5) is 5.82 Å². The minimum absolute atomic E-state index is 0.109. The number of ether oxygens (including phenoxy) is 1. The Hall–Kier alpha value is -2.14. The summed E-state index contributed by atoms with van der Waals surface area (Å²) < 4.78 is 6.57. The van der Waals surface area contributed by atoms with Gasteiger partial charge in [-0.25, -0.2) is 15.0 Å². The number of aromatic nitrogens is 4. The molecule has 0 saturated carbocycles. The predicted molar refractivity (Wildman–Crippen MR) is 81.6 cm³/mol. The molecule has 10 heteroatoms. The first-order chi connectivity index (χ1) is 11.4. The van der Waals surface area contributed by atoms with E-state index in [1.807, 2.05) is 0 Å². The first kappa shape index (κ1) is 16.7. The number of aliphatic hydroxyl groups is 3. The number of nitrogens with two attached hydrogens (primary N) is 1. The molecular weight excluding hydrogens is 318 g/mol. The van der Waals surface area contributed by atoms with Crippen LogP contribution < -0.4 is 5.73 Å². The maximum atomic E-state index is 12.1. The molecule has 0 radical (unpaired) electrons. The molecule has 3 rings (SSSR count). The fraction of sp³-hybridized carbons (Fsp3) is 0.571. The molecule has 0 aromatic carbocycles. The Morgan fingerprint density at radius 1 is 1.54 bits per heavy atom. The van der Waals surface area contributed by atoms with Crippen molar-refractivity contribution in [3.8, 4) is 0 Å². The third kappa shape index (κ3) is 2.44. The Morgan fingerprint density at radius 2 is 2.29 bits per heavy atom. The largest absolute Gasteiger partial charge is 0.387 e. The van der Waals surface area contributed by atoms with Crippen LogP contribution in [0, 0.1) is 0 Å². The number of rotatable bonds is 5. The van der Waals surface area contributed by atoms with E-state index in [0.717, 1.165) is 0 Å². The van der Waals surface area contributed by atoms with Gasteiger partial charge < -0.3 is 25.8 Å². The van der Waals surface area contributed by atoms with Crippen molar-refractivity contribution in [2.24, 2.45) is 0 Å². The van der Waals surface area contributed by atoms with Crippen molar-refractivity contribution < 1.29 is 24.9 Å². The van der Waals surface area contributed by atoms with E-state index in [4.69, 9.17) is 10.5 Å². The molecule has 4 atom stereocenters. The molecule has 1 aliphatic rings. The highest BCUT2D eigenvalue weighted by Gasteiger charge is 2.55. The summed E-state index contributed by atoms with van der Waals surface area (Å²) >= 11 is 0. The van der Waals surface area contributed by atoms with E-state index in [1.165, 1.54) is 17.2 Å². The topological polar surface area (TPSA) is 157 Å². The first-order valence-corrected chi connectivity index (χ1v) is 7.56. The lowest BCUT2D eigenvalue weighted by molar-refractivity contribution is -0.147. The Kier molecular flexibility index (Phi) is 4.22. The molecule has 1 fully saturated rings. The number of hydrogen-bond acceptors (Lipinski definition) is 9. The smallest absolute Gasteiger partial charge is 0.174 e. The zero-order chi connectivity index (χ0) is 17.5. The number of hydrogen-bond donors (Lipinski definition) is 4. The van der Waals surface area contributed by atoms with Crippen LogP contribution in [0.15, 0.2) is 12.7 Å². The van der Waals surface area contributed by atoms with Gasteiger partial charge >= 0.3 is 0 Å². The molecule has 1 unspecified atom stereocenters. The zero-order valence-electron chi connectivity index (χ0n) is 13.0. The van der Waals surface area contributed by atoms with Gasteiger partial charge in [0.25, 0.3) is 0 Å². The summed E-state index contributed by atoms with van der Waals surface area (Å²) in [6.45, 7) is 1.40. The van der Waals surface area contributed by atoms with Crippen molar-refractivity contribution >= 4 is 22.8 Å². The van der Waals surface area contributed by atoms with E-state index in [9.17, 15) is 20.1 Å². The predicted octanol–water partition coefficient (Wildman–Crippen LogP) is -1.24. The van der Waals surface area contributed by atoms with Crippen LogP contribution in [-0.2, 0) is 9.53 Å². The highest BCUT2D eigenvalue weighted by molar-refractivity contribution is 5.88. The van der Waals surface area contributed by atoms with Crippen LogP contribution in [-0.4, -0.2) is 65.0 Å². The standard InChI is InChI=1S/C14H19N5O5/c1-2-3-7(20)14(23)4-24-9(10(14)21)13(22)19-6-18-8-11(15)16-5-17-12(8)19/h5-6,9-10,13,21-23H,2-4H2,1H3,(H2,15,16,17)/t9-,10+,13?,14-/m0/s1. The van der Waals surface area contributed by atoms with E-state index in [0.29, 0.717) is 11.9 Å². The summed E-state index contributed by atoms with van der Waals surface area (Å²) in [5.41, 5.74) is 4.20. The van der Waals surface area contributed by atoms with Gasteiger partial charge in [-0.2, -0.15) is 0 Å². The number of aliphatic hydroxyl groups excluding tert-OH is 2. The molecule has 0 bridgehead atoms. The SMILES string of the molecule is CCCC(=O)[C@@]1(O)CO[C@H](C(O)n2cnc3c(N)ncnc32)[C@H]1O. The molecule has 2 aromatic rings. The third-order valence-corrected chi connectivity index (χ3v) is 4.22. The second kappa shape index (κ2) is 6.06. The summed E-state index contributed by atoms with van der Waals surface area (Å²) in [4.78, 5) is 23.9. The van der Waals surface area contributed by atoms with E-state index in [2.05, 4.69) is 15.0 Å². The minimum atomic E-state index is -2.04. The van der Waals surface area contributed by atoms with Crippen LogP contribution in [0.5, 0.6) is 0 Å². The number of carbonyl (C=O) groups excluding carboxylic acids is 1. The molecule has 1 aliphatic heterocycles. The molecule has 2 aromatic heterocycles. The van der Waals surface area contributed by atoms with E-state index >= 15 is 0 Å². The van der Waals surface area contributed by atoms with Crippen molar-refractivity contribution in [1.29, 1.82) is 0 Å².